The van der Waals surface area contributed by atoms with Gasteiger partial charge in [-0.1, -0.05) is 56.4 Å². The molecule has 0 unspecified atom stereocenters. The molecule has 1 rings (SSSR count). The molecule has 0 radical (unpaired) electrons. The number of hydrogen-bond acceptors (Lipinski definition) is 3. The van der Waals surface area contributed by atoms with E-state index in [1.807, 2.05) is 44.2 Å². The van der Waals surface area contributed by atoms with Crippen LogP contribution in [0.15, 0.2) is 30.3 Å². The van der Waals surface area contributed by atoms with E-state index < -0.39 is 6.04 Å². The molecule has 17 heavy (non-hydrogen) atoms. The number of benzene rings is 1. The first-order valence-corrected chi connectivity index (χ1v) is 5.90. The van der Waals surface area contributed by atoms with Crippen LogP contribution < -0.4 is 5.32 Å². The molecular weight excluding hydrogens is 234 g/mol. The molecule has 1 N–H and O–H groups in total. The van der Waals surface area contributed by atoms with Gasteiger partial charge in [-0.25, -0.2) is 4.79 Å². The van der Waals surface area contributed by atoms with Gasteiger partial charge in [0.05, 0.1) is 7.11 Å². The average molecular weight is 251 g/mol. The van der Waals surface area contributed by atoms with Crippen molar-refractivity contribution in [1.29, 1.82) is 0 Å². The highest BCUT2D eigenvalue weighted by atomic mass is 32.1. The highest BCUT2D eigenvalue weighted by molar-refractivity contribution is 7.80. The van der Waals surface area contributed by atoms with E-state index in [0.717, 1.165) is 5.56 Å². The van der Waals surface area contributed by atoms with Crippen molar-refractivity contribution in [2.75, 3.05) is 7.11 Å². The monoisotopic (exact) mass is 251 g/mol. The van der Waals surface area contributed by atoms with Gasteiger partial charge in [-0.3, -0.25) is 0 Å². The standard InChI is InChI=1S/C13H17NO2S/c1-9(2)11(13(15)16-3)14-12(17)10-7-5-4-6-8-10/h4-9,11H,1-3H3,(H,14,17)/t11-/m0/s1. The molecule has 0 spiro atoms. The van der Waals surface area contributed by atoms with Gasteiger partial charge in [-0.15, -0.1) is 0 Å². The van der Waals surface area contributed by atoms with Gasteiger partial charge in [0.1, 0.15) is 11.0 Å². The Morgan fingerprint density at radius 3 is 2.35 bits per heavy atom. The van der Waals surface area contributed by atoms with Crippen LogP contribution in [0.4, 0.5) is 0 Å². The van der Waals surface area contributed by atoms with Gasteiger partial charge in [0.25, 0.3) is 0 Å². The van der Waals surface area contributed by atoms with Crippen LogP contribution in [0.5, 0.6) is 0 Å². The van der Waals surface area contributed by atoms with Crippen molar-refractivity contribution in [1.82, 2.24) is 5.32 Å². The lowest BCUT2D eigenvalue weighted by Gasteiger charge is -2.21. The van der Waals surface area contributed by atoms with E-state index in [9.17, 15) is 4.79 Å². The van der Waals surface area contributed by atoms with Gasteiger partial charge >= 0.3 is 5.97 Å². The van der Waals surface area contributed by atoms with Crippen LogP contribution in [0.2, 0.25) is 0 Å². The van der Waals surface area contributed by atoms with E-state index in [4.69, 9.17) is 17.0 Å². The topological polar surface area (TPSA) is 38.3 Å². The minimum Gasteiger partial charge on any atom is -0.467 e. The molecule has 1 atom stereocenters. The first-order valence-electron chi connectivity index (χ1n) is 5.50. The number of carbonyl (C=O) groups is 1. The maximum absolute atomic E-state index is 11.6. The summed E-state index contributed by atoms with van der Waals surface area (Å²) < 4.78 is 4.75. The summed E-state index contributed by atoms with van der Waals surface area (Å²) in [6, 6.07) is 9.14. The molecule has 92 valence electrons. The minimum atomic E-state index is -0.410. The summed E-state index contributed by atoms with van der Waals surface area (Å²) >= 11 is 5.26. The number of ether oxygens (including phenoxy) is 1. The fourth-order valence-electron chi connectivity index (χ4n) is 1.44. The smallest absolute Gasteiger partial charge is 0.328 e. The third-order valence-corrected chi connectivity index (χ3v) is 2.80. The quantitative estimate of drug-likeness (QED) is 0.657. The van der Waals surface area contributed by atoms with E-state index in [2.05, 4.69) is 5.32 Å². The number of thiocarbonyl (C=S) groups is 1. The van der Waals surface area contributed by atoms with Gasteiger partial charge in [-0.2, -0.15) is 0 Å². The van der Waals surface area contributed by atoms with Gasteiger partial charge in [0.2, 0.25) is 0 Å². The minimum absolute atomic E-state index is 0.115. The number of rotatable bonds is 4. The number of esters is 1. The predicted octanol–water partition coefficient (Wildman–Crippen LogP) is 2.15. The van der Waals surface area contributed by atoms with Crippen LogP contribution in [0, 0.1) is 5.92 Å². The van der Waals surface area contributed by atoms with Crippen molar-refractivity contribution in [3.8, 4) is 0 Å². The molecule has 0 bridgehead atoms. The lowest BCUT2D eigenvalue weighted by Crippen LogP contribution is -2.44. The number of hydrogen-bond donors (Lipinski definition) is 1. The molecule has 0 saturated heterocycles. The van der Waals surface area contributed by atoms with Crippen LogP contribution in [0.3, 0.4) is 0 Å². The average Bonchev–Trinajstić information content (AvgIpc) is 2.35. The molecule has 0 aromatic heterocycles. The van der Waals surface area contributed by atoms with E-state index >= 15 is 0 Å². The summed E-state index contributed by atoms with van der Waals surface area (Å²) in [6.07, 6.45) is 0. The maximum Gasteiger partial charge on any atom is 0.328 e. The molecule has 0 fully saturated rings. The Morgan fingerprint density at radius 2 is 1.88 bits per heavy atom. The third-order valence-electron chi connectivity index (χ3n) is 2.44. The molecule has 0 saturated carbocycles. The molecule has 0 aliphatic carbocycles. The highest BCUT2D eigenvalue weighted by Crippen LogP contribution is 2.07. The second kappa shape index (κ2) is 6.35. The van der Waals surface area contributed by atoms with Crippen LogP contribution in [0.1, 0.15) is 19.4 Å². The Kier molecular flexibility index (Phi) is 5.10. The van der Waals surface area contributed by atoms with Crippen LogP contribution in [-0.4, -0.2) is 24.1 Å². The number of carbonyl (C=O) groups excluding carboxylic acids is 1. The van der Waals surface area contributed by atoms with Crippen molar-refractivity contribution < 1.29 is 9.53 Å². The number of nitrogens with one attached hydrogen (secondary N) is 1. The molecule has 0 aliphatic rings. The van der Waals surface area contributed by atoms with Crippen molar-refractivity contribution in [2.45, 2.75) is 19.9 Å². The lowest BCUT2D eigenvalue weighted by molar-refractivity contribution is -0.143. The van der Waals surface area contributed by atoms with Gasteiger partial charge in [-0.05, 0) is 5.92 Å². The zero-order chi connectivity index (χ0) is 12.8. The second-order valence-electron chi connectivity index (χ2n) is 4.08. The molecule has 0 aliphatic heterocycles. The third kappa shape index (κ3) is 3.82. The van der Waals surface area contributed by atoms with Crippen LogP contribution >= 0.6 is 12.2 Å². The molecule has 4 heteroatoms. The summed E-state index contributed by atoms with van der Waals surface area (Å²) in [7, 11) is 1.38. The van der Waals surface area contributed by atoms with E-state index in [0.29, 0.717) is 4.99 Å². The SMILES string of the molecule is COC(=O)[C@@H](NC(=S)c1ccccc1)C(C)C. The molecule has 3 nitrogen and oxygen atoms in total. The van der Waals surface area contributed by atoms with E-state index in [1.165, 1.54) is 7.11 Å². The van der Waals surface area contributed by atoms with Gasteiger partial charge in [0, 0.05) is 5.56 Å². The van der Waals surface area contributed by atoms with Crippen molar-refractivity contribution >= 4 is 23.2 Å². The summed E-state index contributed by atoms with van der Waals surface area (Å²) in [5.41, 5.74) is 0.900. The van der Waals surface area contributed by atoms with E-state index in [1.54, 1.807) is 0 Å². The summed E-state index contributed by atoms with van der Waals surface area (Å²) in [6.45, 7) is 3.89. The zero-order valence-electron chi connectivity index (χ0n) is 10.3. The van der Waals surface area contributed by atoms with Crippen molar-refractivity contribution in [3.63, 3.8) is 0 Å². The molecule has 0 amide bonds. The largest absolute Gasteiger partial charge is 0.467 e. The Bertz CT molecular complexity index is 390. The Balaban J connectivity index is 2.75. The zero-order valence-corrected chi connectivity index (χ0v) is 11.1. The normalized spacial score (nSPS) is 12.0. The number of methoxy groups -OCH3 is 1. The predicted molar refractivity (Wildman–Crippen MR) is 71.9 cm³/mol. The first kappa shape index (κ1) is 13.6. The molecule has 1 aromatic carbocycles. The van der Waals surface area contributed by atoms with Crippen molar-refractivity contribution in [2.24, 2.45) is 5.92 Å². The molecular formula is C13H17NO2S. The van der Waals surface area contributed by atoms with E-state index in [-0.39, 0.29) is 11.9 Å². The second-order valence-corrected chi connectivity index (χ2v) is 4.49. The highest BCUT2D eigenvalue weighted by Gasteiger charge is 2.23. The van der Waals surface area contributed by atoms with Crippen LogP contribution in [0.25, 0.3) is 0 Å². The molecule has 1 aromatic rings. The maximum atomic E-state index is 11.6. The Hall–Kier alpha value is -1.42. The lowest BCUT2D eigenvalue weighted by atomic mass is 10.0. The Morgan fingerprint density at radius 1 is 1.29 bits per heavy atom. The Labute approximate surface area is 107 Å². The summed E-state index contributed by atoms with van der Waals surface area (Å²) in [5.74, 6) is -0.178. The summed E-state index contributed by atoms with van der Waals surface area (Å²) in [5, 5.41) is 3.04. The van der Waals surface area contributed by atoms with Crippen molar-refractivity contribution in [3.05, 3.63) is 35.9 Å². The fourth-order valence-corrected chi connectivity index (χ4v) is 1.70. The first-order chi connectivity index (χ1) is 8.06. The van der Waals surface area contributed by atoms with Crippen LogP contribution in [-0.2, 0) is 9.53 Å². The molecule has 0 heterocycles. The fraction of sp³-hybridized carbons (Fsp3) is 0.385. The summed E-state index contributed by atoms with van der Waals surface area (Å²) in [4.78, 5) is 12.1. The van der Waals surface area contributed by atoms with Gasteiger partial charge < -0.3 is 10.1 Å². The van der Waals surface area contributed by atoms with Gasteiger partial charge in [0.15, 0.2) is 0 Å².